The highest BCUT2D eigenvalue weighted by Crippen LogP contribution is 2.30. The third-order valence-corrected chi connectivity index (χ3v) is 6.09. The average molecular weight is 474 g/mol. The smallest absolute Gasteiger partial charge is 0.266 e. The van der Waals surface area contributed by atoms with E-state index in [1.807, 2.05) is 6.92 Å². The Balaban J connectivity index is 1.76. The standard InChI is InChI=1S/C23H21ClFN3O3S/c1-4-19(29)26-15-7-5-12(2)18(11-15)27-23(31)21-13(3)9-20(32-21)28-22(30)16-8-6-14(25)10-17(16)24/h5-11H,4H2,1-3H3,(H,26,29)(H,27,31)(H,28,30). The molecule has 3 aromatic rings. The summed E-state index contributed by atoms with van der Waals surface area (Å²) in [4.78, 5) is 37.4. The molecule has 32 heavy (non-hydrogen) atoms. The molecule has 0 atom stereocenters. The molecule has 0 saturated heterocycles. The third kappa shape index (κ3) is 5.52. The zero-order valence-electron chi connectivity index (χ0n) is 17.6. The van der Waals surface area contributed by atoms with Gasteiger partial charge in [-0.3, -0.25) is 14.4 Å². The summed E-state index contributed by atoms with van der Waals surface area (Å²) in [6, 6.07) is 10.5. The Morgan fingerprint density at radius 2 is 1.69 bits per heavy atom. The maximum absolute atomic E-state index is 13.2. The quantitative estimate of drug-likeness (QED) is 0.409. The average Bonchev–Trinajstić information content (AvgIpc) is 3.10. The number of benzene rings is 2. The van der Waals surface area contributed by atoms with Crippen LogP contribution in [0.5, 0.6) is 0 Å². The Hall–Kier alpha value is -3.23. The van der Waals surface area contributed by atoms with Crippen LogP contribution < -0.4 is 16.0 Å². The fourth-order valence-corrected chi connectivity index (χ4v) is 4.10. The lowest BCUT2D eigenvalue weighted by molar-refractivity contribution is -0.115. The van der Waals surface area contributed by atoms with Crippen LogP contribution in [0.2, 0.25) is 5.02 Å². The minimum atomic E-state index is -0.536. The van der Waals surface area contributed by atoms with Gasteiger partial charge in [0, 0.05) is 17.8 Å². The Morgan fingerprint density at radius 3 is 2.38 bits per heavy atom. The van der Waals surface area contributed by atoms with E-state index in [2.05, 4.69) is 16.0 Å². The first-order chi connectivity index (χ1) is 15.2. The maximum atomic E-state index is 13.2. The summed E-state index contributed by atoms with van der Waals surface area (Å²) in [7, 11) is 0. The number of aryl methyl sites for hydroxylation is 2. The number of thiophene rings is 1. The molecular formula is C23H21ClFN3O3S. The highest BCUT2D eigenvalue weighted by atomic mass is 35.5. The number of anilines is 3. The van der Waals surface area contributed by atoms with Crippen LogP contribution in [0, 0.1) is 19.7 Å². The third-order valence-electron chi connectivity index (χ3n) is 4.63. The lowest BCUT2D eigenvalue weighted by Gasteiger charge is -2.11. The number of carbonyl (C=O) groups is 3. The van der Waals surface area contributed by atoms with Gasteiger partial charge in [0.1, 0.15) is 5.82 Å². The molecule has 0 bridgehead atoms. The highest BCUT2D eigenvalue weighted by molar-refractivity contribution is 7.18. The number of carbonyl (C=O) groups excluding carboxylic acids is 3. The van der Waals surface area contributed by atoms with Gasteiger partial charge in [-0.2, -0.15) is 0 Å². The lowest BCUT2D eigenvalue weighted by Crippen LogP contribution is -2.14. The second-order valence-electron chi connectivity index (χ2n) is 7.09. The molecule has 1 aromatic heterocycles. The topological polar surface area (TPSA) is 87.3 Å². The van der Waals surface area contributed by atoms with Crippen LogP contribution in [0.15, 0.2) is 42.5 Å². The molecule has 0 fully saturated rings. The van der Waals surface area contributed by atoms with E-state index in [-0.39, 0.29) is 22.4 Å². The summed E-state index contributed by atoms with van der Waals surface area (Å²) in [5, 5.41) is 8.77. The zero-order chi connectivity index (χ0) is 23.4. The van der Waals surface area contributed by atoms with Gasteiger partial charge >= 0.3 is 0 Å². The highest BCUT2D eigenvalue weighted by Gasteiger charge is 2.18. The Bertz CT molecular complexity index is 1210. The first kappa shape index (κ1) is 23.4. The van der Waals surface area contributed by atoms with E-state index in [0.717, 1.165) is 29.0 Å². The molecule has 6 nitrogen and oxygen atoms in total. The molecule has 0 spiro atoms. The second kappa shape index (κ2) is 9.93. The fourth-order valence-electron chi connectivity index (χ4n) is 2.88. The molecule has 1 heterocycles. The minimum Gasteiger partial charge on any atom is -0.326 e. The minimum absolute atomic E-state index is 0.000680. The van der Waals surface area contributed by atoms with Crippen molar-refractivity contribution in [2.75, 3.05) is 16.0 Å². The van der Waals surface area contributed by atoms with E-state index in [9.17, 15) is 18.8 Å². The molecule has 3 amide bonds. The van der Waals surface area contributed by atoms with E-state index in [0.29, 0.717) is 33.2 Å². The van der Waals surface area contributed by atoms with Gasteiger partial charge in [0.2, 0.25) is 5.91 Å². The van der Waals surface area contributed by atoms with E-state index in [1.54, 1.807) is 38.1 Å². The molecule has 0 saturated carbocycles. The molecular weight excluding hydrogens is 453 g/mol. The maximum Gasteiger partial charge on any atom is 0.266 e. The number of amides is 3. The van der Waals surface area contributed by atoms with Crippen molar-refractivity contribution in [3.8, 4) is 0 Å². The van der Waals surface area contributed by atoms with Crippen LogP contribution in [0.25, 0.3) is 0 Å². The van der Waals surface area contributed by atoms with Gasteiger partial charge in [-0.05, 0) is 61.4 Å². The normalized spacial score (nSPS) is 10.5. The van der Waals surface area contributed by atoms with Crippen molar-refractivity contribution in [2.45, 2.75) is 27.2 Å². The first-order valence-electron chi connectivity index (χ1n) is 9.76. The van der Waals surface area contributed by atoms with E-state index >= 15 is 0 Å². The summed E-state index contributed by atoms with van der Waals surface area (Å²) < 4.78 is 13.2. The molecule has 2 aromatic carbocycles. The van der Waals surface area contributed by atoms with Gasteiger partial charge in [0.15, 0.2) is 0 Å². The lowest BCUT2D eigenvalue weighted by atomic mass is 10.1. The van der Waals surface area contributed by atoms with Crippen LogP contribution in [0.1, 0.15) is 44.5 Å². The first-order valence-corrected chi connectivity index (χ1v) is 11.0. The Labute approximate surface area is 193 Å². The van der Waals surface area contributed by atoms with Crippen LogP contribution in [-0.4, -0.2) is 17.7 Å². The predicted octanol–water partition coefficient (Wildman–Crippen LogP) is 6.01. The fraction of sp³-hybridized carbons (Fsp3) is 0.174. The summed E-state index contributed by atoms with van der Waals surface area (Å²) in [6.07, 6.45) is 0.349. The summed E-state index contributed by atoms with van der Waals surface area (Å²) in [5.41, 5.74) is 2.81. The molecule has 3 N–H and O–H groups in total. The molecule has 0 unspecified atom stereocenters. The molecule has 166 valence electrons. The van der Waals surface area contributed by atoms with E-state index in [4.69, 9.17) is 11.6 Å². The summed E-state index contributed by atoms with van der Waals surface area (Å²) >= 11 is 7.06. The van der Waals surface area contributed by atoms with Gasteiger partial charge in [-0.15, -0.1) is 11.3 Å². The molecule has 0 aliphatic heterocycles. The SMILES string of the molecule is CCC(=O)Nc1ccc(C)c(NC(=O)c2sc(NC(=O)c3ccc(F)cc3Cl)cc2C)c1. The van der Waals surface area contributed by atoms with Crippen LogP contribution >= 0.6 is 22.9 Å². The molecule has 9 heteroatoms. The number of rotatable bonds is 6. The van der Waals surface area contributed by atoms with Gasteiger partial charge in [-0.25, -0.2) is 4.39 Å². The predicted molar refractivity (Wildman–Crippen MR) is 126 cm³/mol. The van der Waals surface area contributed by atoms with Gasteiger partial charge in [0.25, 0.3) is 11.8 Å². The van der Waals surface area contributed by atoms with E-state index in [1.165, 1.54) is 6.07 Å². The summed E-state index contributed by atoms with van der Waals surface area (Å²) in [6.45, 7) is 5.36. The van der Waals surface area contributed by atoms with Crippen LogP contribution in [0.4, 0.5) is 20.8 Å². The Morgan fingerprint density at radius 1 is 0.938 bits per heavy atom. The number of hydrogen-bond donors (Lipinski definition) is 3. The van der Waals surface area contributed by atoms with Crippen LogP contribution in [-0.2, 0) is 4.79 Å². The van der Waals surface area contributed by atoms with Gasteiger partial charge in [0.05, 0.1) is 20.5 Å². The number of halogens is 2. The van der Waals surface area contributed by atoms with Crippen molar-refractivity contribution in [1.82, 2.24) is 0 Å². The van der Waals surface area contributed by atoms with Gasteiger partial charge in [-0.1, -0.05) is 24.6 Å². The van der Waals surface area contributed by atoms with Crippen molar-refractivity contribution in [2.24, 2.45) is 0 Å². The molecule has 0 aliphatic rings. The second-order valence-corrected chi connectivity index (χ2v) is 8.55. The number of hydrogen-bond acceptors (Lipinski definition) is 4. The molecule has 0 aliphatic carbocycles. The van der Waals surface area contributed by atoms with Crippen molar-refractivity contribution in [1.29, 1.82) is 0 Å². The molecule has 3 rings (SSSR count). The van der Waals surface area contributed by atoms with Crippen LogP contribution in [0.3, 0.4) is 0 Å². The largest absolute Gasteiger partial charge is 0.326 e. The van der Waals surface area contributed by atoms with Crippen molar-refractivity contribution < 1.29 is 18.8 Å². The zero-order valence-corrected chi connectivity index (χ0v) is 19.2. The summed E-state index contributed by atoms with van der Waals surface area (Å²) in [5.74, 6) is -1.50. The van der Waals surface area contributed by atoms with Gasteiger partial charge < -0.3 is 16.0 Å². The Kier molecular flexibility index (Phi) is 7.27. The van der Waals surface area contributed by atoms with E-state index < -0.39 is 11.7 Å². The molecule has 0 radical (unpaired) electrons. The monoisotopic (exact) mass is 473 g/mol. The number of nitrogens with one attached hydrogen (secondary N) is 3. The van der Waals surface area contributed by atoms with Crippen molar-refractivity contribution in [3.05, 3.63) is 74.9 Å². The van der Waals surface area contributed by atoms with Crippen molar-refractivity contribution in [3.63, 3.8) is 0 Å². The van der Waals surface area contributed by atoms with Crippen molar-refractivity contribution >= 4 is 57.0 Å².